The second kappa shape index (κ2) is 14.0. The van der Waals surface area contributed by atoms with Crippen LogP contribution in [-0.2, 0) is 6.11 Å². The SMILES string of the molecule is CCCCCC1CCC(c2ccc(-c3ccc(-c4ccc(C(F)(F)Oc5ccc(OC(F)(F)F)cc5)cc4)c(F)c3)cc2)CC1. The number of hydrogen-bond donors (Lipinski definition) is 0. The number of hydrogen-bond acceptors (Lipinski definition) is 2. The Morgan fingerprint density at radius 1 is 0.644 bits per heavy atom. The normalized spacial score (nSPS) is 17.2. The molecule has 1 aliphatic rings. The average Bonchev–Trinajstić information content (AvgIpc) is 3.02. The number of halogens is 6. The molecule has 1 aliphatic carbocycles. The lowest BCUT2D eigenvalue weighted by Crippen LogP contribution is -2.22. The summed E-state index contributed by atoms with van der Waals surface area (Å²) in [5.41, 5.74) is 3.14. The maximum absolute atomic E-state index is 15.2. The molecule has 0 saturated heterocycles. The number of benzene rings is 4. The van der Waals surface area contributed by atoms with Crippen molar-refractivity contribution in [2.45, 2.75) is 76.7 Å². The van der Waals surface area contributed by atoms with Gasteiger partial charge in [-0.05, 0) is 102 Å². The monoisotopic (exact) mass is 626 g/mol. The first-order valence-corrected chi connectivity index (χ1v) is 15.4. The van der Waals surface area contributed by atoms with Crippen LogP contribution in [0.1, 0.15) is 75.3 Å². The Morgan fingerprint density at radius 2 is 1.22 bits per heavy atom. The molecular weight excluding hydrogens is 590 g/mol. The van der Waals surface area contributed by atoms with Crippen molar-refractivity contribution >= 4 is 0 Å². The van der Waals surface area contributed by atoms with Gasteiger partial charge in [0.1, 0.15) is 17.3 Å². The minimum absolute atomic E-state index is 0.266. The van der Waals surface area contributed by atoms with Crippen LogP contribution in [0.4, 0.5) is 26.3 Å². The van der Waals surface area contributed by atoms with Crippen molar-refractivity contribution in [3.05, 3.63) is 108 Å². The van der Waals surface area contributed by atoms with Crippen LogP contribution >= 0.6 is 0 Å². The van der Waals surface area contributed by atoms with Crippen LogP contribution < -0.4 is 9.47 Å². The van der Waals surface area contributed by atoms with Gasteiger partial charge in [-0.25, -0.2) is 4.39 Å². The molecule has 0 amide bonds. The molecule has 0 aromatic heterocycles. The number of rotatable bonds is 11. The summed E-state index contributed by atoms with van der Waals surface area (Å²) in [6.45, 7) is 2.24. The molecule has 1 fully saturated rings. The maximum Gasteiger partial charge on any atom is 0.573 e. The van der Waals surface area contributed by atoms with Crippen molar-refractivity contribution in [1.29, 1.82) is 0 Å². The highest BCUT2D eigenvalue weighted by Gasteiger charge is 2.35. The summed E-state index contributed by atoms with van der Waals surface area (Å²) in [6, 6.07) is 21.9. The maximum atomic E-state index is 15.2. The molecule has 0 N–H and O–H groups in total. The van der Waals surface area contributed by atoms with E-state index in [0.717, 1.165) is 53.4 Å². The Bertz CT molecular complexity index is 1520. The third-order valence-electron chi connectivity index (χ3n) is 8.58. The van der Waals surface area contributed by atoms with Crippen LogP contribution in [-0.4, -0.2) is 6.36 Å². The van der Waals surface area contributed by atoms with E-state index in [0.29, 0.717) is 11.5 Å². The molecule has 0 spiro atoms. The highest BCUT2D eigenvalue weighted by molar-refractivity contribution is 5.71. The van der Waals surface area contributed by atoms with Crippen LogP contribution in [0.5, 0.6) is 11.5 Å². The molecule has 45 heavy (non-hydrogen) atoms. The summed E-state index contributed by atoms with van der Waals surface area (Å²) in [5, 5.41) is 0. The molecule has 1 saturated carbocycles. The number of unbranched alkanes of at least 4 members (excludes halogenated alkanes) is 2. The standard InChI is InChI=1S/C37H36F6O2/c1-2-3-4-5-25-6-8-26(9-7-25)27-10-12-28(13-11-27)30-16-23-34(35(38)24-30)29-14-17-31(18-15-29)36(39,40)44-32-19-21-33(22-20-32)45-37(41,42)43/h10-26H,2-9H2,1H3. The van der Waals surface area contributed by atoms with Gasteiger partial charge in [0.25, 0.3) is 0 Å². The molecule has 0 atom stereocenters. The van der Waals surface area contributed by atoms with Gasteiger partial charge >= 0.3 is 12.5 Å². The van der Waals surface area contributed by atoms with Gasteiger partial charge in [-0.1, -0.05) is 81.1 Å². The molecule has 4 aromatic carbocycles. The minimum Gasteiger partial charge on any atom is -0.429 e. The summed E-state index contributed by atoms with van der Waals surface area (Å²) >= 11 is 0. The van der Waals surface area contributed by atoms with Crippen LogP contribution in [0.3, 0.4) is 0 Å². The van der Waals surface area contributed by atoms with E-state index in [4.69, 9.17) is 4.74 Å². The Balaban J connectivity index is 1.20. The van der Waals surface area contributed by atoms with Crippen molar-refractivity contribution in [1.82, 2.24) is 0 Å². The van der Waals surface area contributed by atoms with E-state index in [1.54, 1.807) is 6.07 Å². The first-order valence-electron chi connectivity index (χ1n) is 15.4. The predicted octanol–water partition coefficient (Wildman–Crippen LogP) is 12.0. The second-order valence-corrected chi connectivity index (χ2v) is 11.7. The minimum atomic E-state index is -4.90. The summed E-state index contributed by atoms with van der Waals surface area (Å²) in [7, 11) is 0. The zero-order valence-corrected chi connectivity index (χ0v) is 25.1. The summed E-state index contributed by atoms with van der Waals surface area (Å²) < 4.78 is 90.3. The predicted molar refractivity (Wildman–Crippen MR) is 164 cm³/mol. The second-order valence-electron chi connectivity index (χ2n) is 11.7. The molecule has 8 heteroatoms. The van der Waals surface area contributed by atoms with Gasteiger partial charge in [-0.15, -0.1) is 13.2 Å². The van der Waals surface area contributed by atoms with Crippen molar-refractivity contribution in [2.24, 2.45) is 5.92 Å². The van der Waals surface area contributed by atoms with Crippen LogP contribution in [0.2, 0.25) is 0 Å². The van der Waals surface area contributed by atoms with Crippen LogP contribution in [0, 0.1) is 11.7 Å². The van der Waals surface area contributed by atoms with Gasteiger partial charge in [0.2, 0.25) is 0 Å². The van der Waals surface area contributed by atoms with Gasteiger partial charge in [0.15, 0.2) is 0 Å². The molecule has 238 valence electrons. The van der Waals surface area contributed by atoms with E-state index < -0.39 is 29.6 Å². The van der Waals surface area contributed by atoms with Crippen LogP contribution in [0.15, 0.2) is 91.0 Å². The molecule has 4 aromatic rings. The number of ether oxygens (including phenoxy) is 2. The Kier molecular flexibility index (Phi) is 10.1. The lowest BCUT2D eigenvalue weighted by atomic mass is 9.77. The summed E-state index contributed by atoms with van der Waals surface area (Å²) in [6.07, 6.45) is 1.57. The summed E-state index contributed by atoms with van der Waals surface area (Å²) in [4.78, 5) is 0. The lowest BCUT2D eigenvalue weighted by molar-refractivity contribution is -0.274. The van der Waals surface area contributed by atoms with Crippen molar-refractivity contribution < 1.29 is 35.8 Å². The van der Waals surface area contributed by atoms with E-state index in [9.17, 15) is 22.0 Å². The van der Waals surface area contributed by atoms with Gasteiger partial charge in [0, 0.05) is 5.56 Å². The molecule has 2 nitrogen and oxygen atoms in total. The van der Waals surface area contributed by atoms with E-state index in [-0.39, 0.29) is 11.3 Å². The number of alkyl halides is 5. The molecule has 0 heterocycles. The highest BCUT2D eigenvalue weighted by Crippen LogP contribution is 2.39. The smallest absolute Gasteiger partial charge is 0.429 e. The van der Waals surface area contributed by atoms with E-state index >= 15 is 4.39 Å². The Labute approximate surface area is 260 Å². The molecule has 0 bridgehead atoms. The lowest BCUT2D eigenvalue weighted by Gasteiger charge is -2.29. The Morgan fingerprint density at radius 3 is 1.80 bits per heavy atom. The first kappa shape index (κ1) is 32.5. The topological polar surface area (TPSA) is 18.5 Å². The van der Waals surface area contributed by atoms with E-state index in [1.807, 2.05) is 18.2 Å². The quantitative estimate of drug-likeness (QED) is 0.122. The van der Waals surface area contributed by atoms with Gasteiger partial charge < -0.3 is 9.47 Å². The molecule has 0 radical (unpaired) electrons. The molecule has 0 aliphatic heterocycles. The van der Waals surface area contributed by atoms with Gasteiger partial charge in [-0.3, -0.25) is 0 Å². The fourth-order valence-electron chi connectivity index (χ4n) is 6.10. The van der Waals surface area contributed by atoms with Gasteiger partial charge in [-0.2, -0.15) is 8.78 Å². The third kappa shape index (κ3) is 8.62. The first-order chi connectivity index (χ1) is 21.5. The largest absolute Gasteiger partial charge is 0.573 e. The van der Waals surface area contributed by atoms with Crippen molar-refractivity contribution in [3.8, 4) is 33.8 Å². The fourth-order valence-corrected chi connectivity index (χ4v) is 6.10. The van der Waals surface area contributed by atoms with Crippen molar-refractivity contribution in [3.63, 3.8) is 0 Å². The molecule has 5 rings (SSSR count). The zero-order valence-electron chi connectivity index (χ0n) is 25.1. The van der Waals surface area contributed by atoms with Gasteiger partial charge in [0.05, 0.1) is 5.56 Å². The van der Waals surface area contributed by atoms with Crippen molar-refractivity contribution in [2.75, 3.05) is 0 Å². The fraction of sp³-hybridized carbons (Fsp3) is 0.351. The molecular formula is C37H36F6O2. The zero-order chi connectivity index (χ0) is 32.0. The van der Waals surface area contributed by atoms with E-state index in [2.05, 4.69) is 23.8 Å². The Hall–Kier alpha value is -3.94. The summed E-state index contributed by atoms with van der Waals surface area (Å²) in [5.74, 6) is 0.0389. The molecule has 0 unspecified atom stereocenters. The third-order valence-corrected chi connectivity index (χ3v) is 8.58. The van der Waals surface area contributed by atoms with E-state index in [1.165, 1.54) is 75.1 Å². The van der Waals surface area contributed by atoms with Crippen LogP contribution in [0.25, 0.3) is 22.3 Å². The average molecular weight is 627 g/mol. The highest BCUT2D eigenvalue weighted by atomic mass is 19.4.